The fourth-order valence-electron chi connectivity index (χ4n) is 2.98. The van der Waals surface area contributed by atoms with Gasteiger partial charge in [0.15, 0.2) is 0 Å². The number of rotatable bonds is 6. The molecule has 1 aromatic rings. The first-order chi connectivity index (χ1) is 10.5. The third kappa shape index (κ3) is 5.38. The Labute approximate surface area is 137 Å². The second kappa shape index (κ2) is 8.09. The van der Waals surface area contributed by atoms with Crippen molar-refractivity contribution < 1.29 is 9.53 Å². The van der Waals surface area contributed by atoms with Crippen LogP contribution in [0.15, 0.2) is 12.1 Å². The van der Waals surface area contributed by atoms with E-state index in [1.807, 2.05) is 12.1 Å². The Kier molecular flexibility index (Phi) is 6.41. The number of nitrogens with zero attached hydrogens (tertiary/aromatic N) is 1. The lowest BCUT2D eigenvalue weighted by Gasteiger charge is -2.32. The predicted octanol–water partition coefficient (Wildman–Crippen LogP) is 3.28. The van der Waals surface area contributed by atoms with Crippen molar-refractivity contribution in [2.45, 2.75) is 51.7 Å². The number of amides is 1. The summed E-state index contributed by atoms with van der Waals surface area (Å²) in [5, 5.41) is 3.18. The Hall–Kier alpha value is -0.910. The number of likely N-dealkylation sites (tertiary alicyclic amines) is 1. The van der Waals surface area contributed by atoms with E-state index in [1.54, 1.807) is 7.11 Å². The van der Waals surface area contributed by atoms with Crippen LogP contribution in [0.25, 0.3) is 0 Å². The molecule has 0 aliphatic carbocycles. The van der Waals surface area contributed by atoms with Crippen LogP contribution < -0.4 is 5.32 Å². The zero-order valence-electron chi connectivity index (χ0n) is 14.0. The molecule has 1 saturated heterocycles. The smallest absolute Gasteiger partial charge is 0.261 e. The van der Waals surface area contributed by atoms with Crippen LogP contribution >= 0.6 is 11.3 Å². The third-order valence-corrected chi connectivity index (χ3v) is 5.00. The van der Waals surface area contributed by atoms with Gasteiger partial charge in [0.05, 0.1) is 11.5 Å². The first kappa shape index (κ1) is 17.4. The topological polar surface area (TPSA) is 41.6 Å². The molecule has 1 N–H and O–H groups in total. The number of methoxy groups -OCH3 is 1. The molecule has 1 aliphatic rings. The van der Waals surface area contributed by atoms with Crippen molar-refractivity contribution in [3.63, 3.8) is 0 Å². The van der Waals surface area contributed by atoms with Crippen LogP contribution in [-0.4, -0.2) is 43.1 Å². The van der Waals surface area contributed by atoms with Gasteiger partial charge in [0.2, 0.25) is 0 Å². The molecule has 1 aliphatic heterocycles. The SMILES string of the molecule is COCc1ccc(C(=O)NC(C)(C)CN2CCCCCC2)s1. The number of nitrogens with one attached hydrogen (secondary N) is 1. The third-order valence-electron chi connectivity index (χ3n) is 3.94. The molecule has 2 rings (SSSR count). The van der Waals surface area contributed by atoms with Gasteiger partial charge in [-0.2, -0.15) is 0 Å². The number of thiophene rings is 1. The first-order valence-electron chi connectivity index (χ1n) is 8.13. The minimum Gasteiger partial charge on any atom is -0.379 e. The Morgan fingerprint density at radius 1 is 1.27 bits per heavy atom. The van der Waals surface area contributed by atoms with Crippen molar-refractivity contribution in [1.82, 2.24) is 10.2 Å². The summed E-state index contributed by atoms with van der Waals surface area (Å²) in [6, 6.07) is 3.85. The van der Waals surface area contributed by atoms with E-state index in [0.29, 0.717) is 6.61 Å². The van der Waals surface area contributed by atoms with E-state index in [1.165, 1.54) is 37.0 Å². The molecule has 2 heterocycles. The van der Waals surface area contributed by atoms with Crippen molar-refractivity contribution in [2.24, 2.45) is 0 Å². The summed E-state index contributed by atoms with van der Waals surface area (Å²) in [7, 11) is 1.67. The summed E-state index contributed by atoms with van der Waals surface area (Å²) in [6.07, 6.45) is 5.21. The molecular weight excluding hydrogens is 296 g/mol. The van der Waals surface area contributed by atoms with Gasteiger partial charge in [-0.3, -0.25) is 4.79 Å². The normalized spacial score (nSPS) is 17.2. The van der Waals surface area contributed by atoms with Crippen LogP contribution in [0.1, 0.15) is 54.1 Å². The van der Waals surface area contributed by atoms with Gasteiger partial charge in [-0.25, -0.2) is 0 Å². The zero-order chi connectivity index (χ0) is 16.0. The number of hydrogen-bond acceptors (Lipinski definition) is 4. The molecule has 0 aromatic carbocycles. The molecule has 124 valence electrons. The summed E-state index contributed by atoms with van der Waals surface area (Å²) < 4.78 is 5.11. The lowest BCUT2D eigenvalue weighted by Crippen LogP contribution is -2.51. The van der Waals surface area contributed by atoms with Crippen molar-refractivity contribution >= 4 is 17.2 Å². The summed E-state index contributed by atoms with van der Waals surface area (Å²) in [5.41, 5.74) is -0.215. The lowest BCUT2D eigenvalue weighted by molar-refractivity contribution is 0.0892. The van der Waals surface area contributed by atoms with E-state index in [2.05, 4.69) is 24.1 Å². The van der Waals surface area contributed by atoms with Crippen molar-refractivity contribution in [3.05, 3.63) is 21.9 Å². The average molecular weight is 324 g/mol. The maximum atomic E-state index is 12.4. The summed E-state index contributed by atoms with van der Waals surface area (Å²) in [4.78, 5) is 16.8. The van der Waals surface area contributed by atoms with Gasteiger partial charge in [-0.15, -0.1) is 11.3 Å². The molecular formula is C17H28N2O2S. The standard InChI is InChI=1S/C17H28N2O2S/c1-17(2,13-19-10-6-4-5-7-11-19)18-16(20)15-9-8-14(22-15)12-21-3/h8-9H,4-7,10-13H2,1-3H3,(H,18,20). The minimum absolute atomic E-state index is 0.0205. The van der Waals surface area contributed by atoms with Crippen molar-refractivity contribution in [3.8, 4) is 0 Å². The van der Waals surface area contributed by atoms with Crippen LogP contribution in [0.5, 0.6) is 0 Å². The molecule has 0 bridgehead atoms. The van der Waals surface area contributed by atoms with Gasteiger partial charge in [0, 0.05) is 24.1 Å². The van der Waals surface area contributed by atoms with E-state index >= 15 is 0 Å². The molecule has 0 atom stereocenters. The van der Waals surface area contributed by atoms with Gasteiger partial charge >= 0.3 is 0 Å². The summed E-state index contributed by atoms with van der Waals surface area (Å²) in [5.74, 6) is 0.0205. The van der Waals surface area contributed by atoms with Crippen LogP contribution in [0.2, 0.25) is 0 Å². The monoisotopic (exact) mass is 324 g/mol. The summed E-state index contributed by atoms with van der Waals surface area (Å²) >= 11 is 1.51. The van der Waals surface area contributed by atoms with Crippen LogP contribution in [-0.2, 0) is 11.3 Å². The second-order valence-corrected chi connectivity index (χ2v) is 7.90. The van der Waals surface area contributed by atoms with E-state index in [4.69, 9.17) is 4.74 Å². The van der Waals surface area contributed by atoms with Gasteiger partial charge in [-0.1, -0.05) is 12.8 Å². The minimum atomic E-state index is -0.215. The predicted molar refractivity (Wildman–Crippen MR) is 91.5 cm³/mol. The Morgan fingerprint density at radius 2 is 1.95 bits per heavy atom. The van der Waals surface area contributed by atoms with Gasteiger partial charge < -0.3 is 15.0 Å². The Bertz CT molecular complexity index is 477. The van der Waals surface area contributed by atoms with E-state index < -0.39 is 0 Å². The molecule has 0 radical (unpaired) electrons. The molecule has 4 nitrogen and oxygen atoms in total. The van der Waals surface area contributed by atoms with Gasteiger partial charge in [0.1, 0.15) is 0 Å². The lowest BCUT2D eigenvalue weighted by atomic mass is 10.0. The largest absolute Gasteiger partial charge is 0.379 e. The molecule has 1 fully saturated rings. The molecule has 5 heteroatoms. The van der Waals surface area contributed by atoms with Crippen LogP contribution in [0.3, 0.4) is 0 Å². The number of carbonyl (C=O) groups is 1. The van der Waals surface area contributed by atoms with E-state index in [9.17, 15) is 4.79 Å². The average Bonchev–Trinajstić information content (AvgIpc) is 2.77. The number of carbonyl (C=O) groups excluding carboxylic acids is 1. The zero-order valence-corrected chi connectivity index (χ0v) is 14.8. The number of ether oxygens (including phenoxy) is 1. The highest BCUT2D eigenvalue weighted by Gasteiger charge is 2.25. The van der Waals surface area contributed by atoms with E-state index in [-0.39, 0.29) is 11.4 Å². The number of hydrogen-bond donors (Lipinski definition) is 1. The first-order valence-corrected chi connectivity index (χ1v) is 8.94. The quantitative estimate of drug-likeness (QED) is 0.873. The Balaban J connectivity index is 1.90. The fraction of sp³-hybridized carbons (Fsp3) is 0.706. The maximum absolute atomic E-state index is 12.4. The summed E-state index contributed by atoms with van der Waals surface area (Å²) in [6.45, 7) is 8.00. The molecule has 0 saturated carbocycles. The highest BCUT2D eigenvalue weighted by Crippen LogP contribution is 2.19. The van der Waals surface area contributed by atoms with Crippen molar-refractivity contribution in [2.75, 3.05) is 26.7 Å². The van der Waals surface area contributed by atoms with Crippen molar-refractivity contribution in [1.29, 1.82) is 0 Å². The molecule has 0 spiro atoms. The highest BCUT2D eigenvalue weighted by molar-refractivity contribution is 7.14. The highest BCUT2D eigenvalue weighted by atomic mass is 32.1. The van der Waals surface area contributed by atoms with Crippen LogP contribution in [0.4, 0.5) is 0 Å². The molecule has 22 heavy (non-hydrogen) atoms. The van der Waals surface area contributed by atoms with Gasteiger partial charge in [-0.05, 0) is 51.9 Å². The van der Waals surface area contributed by atoms with E-state index in [0.717, 1.165) is 29.4 Å². The molecule has 1 amide bonds. The Morgan fingerprint density at radius 3 is 2.59 bits per heavy atom. The molecule has 0 unspecified atom stereocenters. The molecule has 1 aromatic heterocycles. The van der Waals surface area contributed by atoms with Crippen LogP contribution in [0, 0.1) is 0 Å². The fourth-order valence-corrected chi connectivity index (χ4v) is 3.86. The second-order valence-electron chi connectivity index (χ2n) is 6.73. The maximum Gasteiger partial charge on any atom is 0.261 e. The van der Waals surface area contributed by atoms with Gasteiger partial charge in [0.25, 0.3) is 5.91 Å².